The summed E-state index contributed by atoms with van der Waals surface area (Å²) in [5.74, 6) is 0. The van der Waals surface area contributed by atoms with Crippen molar-refractivity contribution in [2.75, 3.05) is 0 Å². The molecule has 0 aliphatic heterocycles. The van der Waals surface area contributed by atoms with Crippen molar-refractivity contribution in [2.24, 2.45) is 0 Å². The first-order valence-corrected chi connectivity index (χ1v) is 15.9. The molecule has 0 bridgehead atoms. The third-order valence-corrected chi connectivity index (χ3v) is 9.46. The standard InChI is InChI=1S/C46H30/c1-3-20-35-31(14-1)16-12-28-37(35)33-18-11-19-34(30-33)45-41-24-7-9-26-43(41)46(44-27-10-8-25-42(44)45)40-23-6-5-22-39(40)38-29-13-17-32-15-2-4-21-36(32)38/h1-30H. The lowest BCUT2D eigenvalue weighted by Crippen LogP contribution is -1.93. The highest BCUT2D eigenvalue weighted by Crippen LogP contribution is 2.47. The van der Waals surface area contributed by atoms with Gasteiger partial charge in [0.15, 0.2) is 0 Å². The van der Waals surface area contributed by atoms with E-state index in [0.29, 0.717) is 0 Å². The number of fused-ring (bicyclic) bond motifs is 4. The van der Waals surface area contributed by atoms with Gasteiger partial charge in [-0.2, -0.15) is 0 Å². The van der Waals surface area contributed by atoms with Crippen molar-refractivity contribution < 1.29 is 0 Å². The number of hydrogen-bond donors (Lipinski definition) is 0. The first-order chi connectivity index (χ1) is 22.8. The highest BCUT2D eigenvalue weighted by molar-refractivity contribution is 6.23. The van der Waals surface area contributed by atoms with E-state index in [4.69, 9.17) is 0 Å². The fourth-order valence-corrected chi connectivity index (χ4v) is 7.45. The van der Waals surface area contributed by atoms with Gasteiger partial charge in [0.1, 0.15) is 0 Å². The van der Waals surface area contributed by atoms with Crippen LogP contribution in [0.5, 0.6) is 0 Å². The van der Waals surface area contributed by atoms with Gasteiger partial charge in [-0.25, -0.2) is 0 Å². The van der Waals surface area contributed by atoms with E-state index in [1.54, 1.807) is 0 Å². The summed E-state index contributed by atoms with van der Waals surface area (Å²) in [7, 11) is 0. The van der Waals surface area contributed by atoms with Crippen molar-refractivity contribution in [3.8, 4) is 44.5 Å². The van der Waals surface area contributed by atoms with Crippen LogP contribution in [0.3, 0.4) is 0 Å². The van der Waals surface area contributed by atoms with E-state index in [2.05, 4.69) is 182 Å². The molecule has 0 fully saturated rings. The Hall–Kier alpha value is -5.98. The Balaban J connectivity index is 1.33. The maximum atomic E-state index is 2.37. The molecule has 46 heavy (non-hydrogen) atoms. The van der Waals surface area contributed by atoms with E-state index in [1.807, 2.05) is 0 Å². The summed E-state index contributed by atoms with van der Waals surface area (Å²) in [5.41, 5.74) is 10.0. The van der Waals surface area contributed by atoms with Crippen LogP contribution in [0.4, 0.5) is 0 Å². The maximum absolute atomic E-state index is 2.37. The van der Waals surface area contributed by atoms with Crippen molar-refractivity contribution in [3.63, 3.8) is 0 Å². The molecular weight excluding hydrogens is 553 g/mol. The van der Waals surface area contributed by atoms with Gasteiger partial charge in [0.2, 0.25) is 0 Å². The summed E-state index contributed by atoms with van der Waals surface area (Å²) in [5, 5.41) is 10.1. The average Bonchev–Trinajstić information content (AvgIpc) is 3.13. The number of rotatable bonds is 4. The number of hydrogen-bond acceptors (Lipinski definition) is 0. The normalized spacial score (nSPS) is 11.5. The minimum Gasteiger partial charge on any atom is -0.0616 e. The zero-order valence-corrected chi connectivity index (χ0v) is 25.3. The Morgan fingerprint density at radius 3 is 1.24 bits per heavy atom. The van der Waals surface area contributed by atoms with E-state index in [1.165, 1.54) is 87.6 Å². The fraction of sp³-hybridized carbons (Fsp3) is 0. The van der Waals surface area contributed by atoms with Crippen LogP contribution in [0.25, 0.3) is 87.6 Å². The van der Waals surface area contributed by atoms with Crippen molar-refractivity contribution in [1.82, 2.24) is 0 Å². The summed E-state index contributed by atoms with van der Waals surface area (Å²) in [6.45, 7) is 0. The predicted octanol–water partition coefficient (Wildman–Crippen LogP) is 13.0. The zero-order valence-electron chi connectivity index (χ0n) is 25.3. The first kappa shape index (κ1) is 26.4. The average molecular weight is 583 g/mol. The van der Waals surface area contributed by atoms with Crippen LogP contribution >= 0.6 is 0 Å². The van der Waals surface area contributed by atoms with E-state index >= 15 is 0 Å². The summed E-state index contributed by atoms with van der Waals surface area (Å²) in [6, 6.07) is 66.5. The zero-order chi connectivity index (χ0) is 30.5. The van der Waals surface area contributed by atoms with Crippen molar-refractivity contribution in [2.45, 2.75) is 0 Å². The molecular formula is C46H30. The summed E-state index contributed by atoms with van der Waals surface area (Å²) < 4.78 is 0. The molecule has 0 saturated heterocycles. The molecule has 0 spiro atoms. The fourth-order valence-electron chi connectivity index (χ4n) is 7.45. The SMILES string of the molecule is c1cc(-c2cccc3ccccc23)cc(-c2c3ccccc3c(-c3ccccc3-c3cccc4ccccc34)c3ccccc23)c1. The molecule has 0 radical (unpaired) electrons. The molecule has 0 saturated carbocycles. The molecule has 0 N–H and O–H groups in total. The topological polar surface area (TPSA) is 0 Å². The van der Waals surface area contributed by atoms with Gasteiger partial charge in [-0.1, -0.05) is 176 Å². The van der Waals surface area contributed by atoms with Gasteiger partial charge in [0.25, 0.3) is 0 Å². The van der Waals surface area contributed by atoms with Crippen LogP contribution < -0.4 is 0 Å². The Morgan fingerprint density at radius 1 is 0.217 bits per heavy atom. The molecule has 9 rings (SSSR count). The monoisotopic (exact) mass is 582 g/mol. The van der Waals surface area contributed by atoms with Crippen LogP contribution in [0, 0.1) is 0 Å². The van der Waals surface area contributed by atoms with Crippen molar-refractivity contribution >= 4 is 43.1 Å². The molecule has 0 heterocycles. The van der Waals surface area contributed by atoms with Gasteiger partial charge in [0.05, 0.1) is 0 Å². The van der Waals surface area contributed by atoms with Gasteiger partial charge >= 0.3 is 0 Å². The third kappa shape index (κ3) is 4.23. The van der Waals surface area contributed by atoms with Gasteiger partial charge in [-0.3, -0.25) is 0 Å². The molecule has 0 nitrogen and oxygen atoms in total. The summed E-state index contributed by atoms with van der Waals surface area (Å²) in [4.78, 5) is 0. The maximum Gasteiger partial charge on any atom is -0.00201 e. The lowest BCUT2D eigenvalue weighted by atomic mass is 9.83. The van der Waals surface area contributed by atoms with Crippen molar-refractivity contribution in [3.05, 3.63) is 182 Å². The largest absolute Gasteiger partial charge is 0.0616 e. The van der Waals surface area contributed by atoms with Crippen LogP contribution in [-0.2, 0) is 0 Å². The second kappa shape index (κ2) is 10.9. The molecule has 0 aliphatic rings. The minimum absolute atomic E-state index is 1.23. The molecule has 214 valence electrons. The summed E-state index contributed by atoms with van der Waals surface area (Å²) >= 11 is 0. The quantitative estimate of drug-likeness (QED) is 0.181. The third-order valence-electron chi connectivity index (χ3n) is 9.46. The molecule has 0 aliphatic carbocycles. The first-order valence-electron chi connectivity index (χ1n) is 15.9. The summed E-state index contributed by atoms with van der Waals surface area (Å²) in [6.07, 6.45) is 0. The highest BCUT2D eigenvalue weighted by Gasteiger charge is 2.19. The Bertz CT molecular complexity index is 2520. The lowest BCUT2D eigenvalue weighted by Gasteiger charge is -2.20. The molecule has 0 atom stereocenters. The van der Waals surface area contributed by atoms with Crippen LogP contribution in [0.15, 0.2) is 182 Å². The molecule has 0 aromatic heterocycles. The predicted molar refractivity (Wildman–Crippen MR) is 198 cm³/mol. The molecule has 9 aromatic carbocycles. The van der Waals surface area contributed by atoms with Crippen LogP contribution in [0.2, 0.25) is 0 Å². The van der Waals surface area contributed by atoms with Crippen LogP contribution in [0.1, 0.15) is 0 Å². The van der Waals surface area contributed by atoms with E-state index in [-0.39, 0.29) is 0 Å². The second-order valence-electron chi connectivity index (χ2n) is 12.0. The smallest absolute Gasteiger partial charge is 0.00201 e. The van der Waals surface area contributed by atoms with E-state index in [0.717, 1.165) is 0 Å². The Labute approximate surface area is 268 Å². The second-order valence-corrected chi connectivity index (χ2v) is 12.0. The minimum atomic E-state index is 1.23. The highest BCUT2D eigenvalue weighted by atomic mass is 14.2. The Morgan fingerprint density at radius 2 is 0.609 bits per heavy atom. The van der Waals surface area contributed by atoms with Crippen molar-refractivity contribution in [1.29, 1.82) is 0 Å². The lowest BCUT2D eigenvalue weighted by molar-refractivity contribution is 1.62. The number of benzene rings is 9. The van der Waals surface area contributed by atoms with Gasteiger partial charge in [-0.15, -0.1) is 0 Å². The van der Waals surface area contributed by atoms with E-state index in [9.17, 15) is 0 Å². The van der Waals surface area contributed by atoms with Crippen LogP contribution in [-0.4, -0.2) is 0 Å². The molecule has 0 amide bonds. The van der Waals surface area contributed by atoms with Gasteiger partial charge in [-0.05, 0) is 93.7 Å². The van der Waals surface area contributed by atoms with Gasteiger partial charge < -0.3 is 0 Å². The molecule has 9 aromatic rings. The van der Waals surface area contributed by atoms with Gasteiger partial charge in [0, 0.05) is 0 Å². The molecule has 0 unspecified atom stereocenters. The molecule has 0 heteroatoms. The van der Waals surface area contributed by atoms with E-state index < -0.39 is 0 Å². The Kier molecular flexibility index (Phi) is 6.25.